The summed E-state index contributed by atoms with van der Waals surface area (Å²) in [5.74, 6) is -1.72. The summed E-state index contributed by atoms with van der Waals surface area (Å²) in [5.41, 5.74) is 0. The van der Waals surface area contributed by atoms with Gasteiger partial charge in [0.2, 0.25) is 5.91 Å². The number of aliphatic carboxylic acids is 1. The highest BCUT2D eigenvalue weighted by Gasteiger charge is 2.37. The summed E-state index contributed by atoms with van der Waals surface area (Å²) >= 11 is 0. The number of amides is 1. The molecule has 23 heavy (non-hydrogen) atoms. The number of carbonyl (C=O) groups excluding carboxylic acids is 1. The molecule has 3 rings (SSSR count). The molecule has 0 spiro atoms. The molecule has 0 radical (unpaired) electrons. The molecule has 0 unspecified atom stereocenters. The SMILES string of the molecule is O=C(O)[C@@H]1CC=CC[C@@H]1C(=O)N1CCN(C2CCCCC2)CC1. The Labute approximate surface area is 138 Å². The molecule has 5 nitrogen and oxygen atoms in total. The fraction of sp³-hybridized carbons (Fsp3) is 0.778. The summed E-state index contributed by atoms with van der Waals surface area (Å²) in [6.07, 6.45) is 11.5. The number of hydrogen-bond donors (Lipinski definition) is 1. The summed E-state index contributed by atoms with van der Waals surface area (Å²) in [7, 11) is 0. The number of allylic oxidation sites excluding steroid dienone is 2. The zero-order valence-corrected chi connectivity index (χ0v) is 13.8. The molecule has 5 heteroatoms. The molecule has 2 fully saturated rings. The predicted molar refractivity (Wildman–Crippen MR) is 88.0 cm³/mol. The van der Waals surface area contributed by atoms with Crippen molar-refractivity contribution in [1.82, 2.24) is 9.80 Å². The number of carboxylic acids is 1. The Morgan fingerprint density at radius 1 is 0.870 bits per heavy atom. The average molecular weight is 320 g/mol. The second-order valence-electron chi connectivity index (χ2n) is 7.15. The minimum Gasteiger partial charge on any atom is -0.481 e. The van der Waals surface area contributed by atoms with Gasteiger partial charge in [0.1, 0.15) is 0 Å². The Hall–Kier alpha value is -1.36. The monoisotopic (exact) mass is 320 g/mol. The molecule has 1 heterocycles. The molecule has 1 amide bonds. The lowest BCUT2D eigenvalue weighted by Gasteiger charge is -2.42. The van der Waals surface area contributed by atoms with Crippen LogP contribution in [0.5, 0.6) is 0 Å². The van der Waals surface area contributed by atoms with Crippen LogP contribution >= 0.6 is 0 Å². The topological polar surface area (TPSA) is 60.9 Å². The number of carbonyl (C=O) groups is 2. The van der Waals surface area contributed by atoms with Gasteiger partial charge in [0.05, 0.1) is 11.8 Å². The Morgan fingerprint density at radius 3 is 2.09 bits per heavy atom. The summed E-state index contributed by atoms with van der Waals surface area (Å²) in [4.78, 5) is 28.6. The normalized spacial score (nSPS) is 30.3. The highest BCUT2D eigenvalue weighted by Crippen LogP contribution is 2.29. The summed E-state index contributed by atoms with van der Waals surface area (Å²) in [6.45, 7) is 3.39. The van der Waals surface area contributed by atoms with Gasteiger partial charge in [-0.2, -0.15) is 0 Å². The van der Waals surface area contributed by atoms with Crippen LogP contribution in [0.15, 0.2) is 12.2 Å². The Bertz CT molecular complexity index is 463. The molecule has 2 aliphatic carbocycles. The molecular weight excluding hydrogens is 292 g/mol. The maximum absolute atomic E-state index is 12.8. The first-order chi connectivity index (χ1) is 11.2. The van der Waals surface area contributed by atoms with E-state index in [1.165, 1.54) is 32.1 Å². The van der Waals surface area contributed by atoms with Crippen LogP contribution in [0.1, 0.15) is 44.9 Å². The highest BCUT2D eigenvalue weighted by atomic mass is 16.4. The van der Waals surface area contributed by atoms with Crippen LogP contribution in [0.25, 0.3) is 0 Å². The van der Waals surface area contributed by atoms with Crippen molar-refractivity contribution in [3.05, 3.63) is 12.2 Å². The molecule has 0 aromatic carbocycles. The van der Waals surface area contributed by atoms with Gasteiger partial charge in [-0.3, -0.25) is 14.5 Å². The summed E-state index contributed by atoms with van der Waals surface area (Å²) < 4.78 is 0. The van der Waals surface area contributed by atoms with E-state index in [0.717, 1.165) is 26.2 Å². The second kappa shape index (κ2) is 7.47. The Kier molecular flexibility index (Phi) is 5.36. The molecule has 1 aliphatic heterocycles. The number of nitrogens with zero attached hydrogens (tertiary/aromatic N) is 2. The lowest BCUT2D eigenvalue weighted by Crippen LogP contribution is -2.54. The van der Waals surface area contributed by atoms with Crippen LogP contribution in [-0.2, 0) is 9.59 Å². The minimum absolute atomic E-state index is 0.0463. The Morgan fingerprint density at radius 2 is 1.48 bits per heavy atom. The zero-order chi connectivity index (χ0) is 16.2. The van der Waals surface area contributed by atoms with Crippen LogP contribution in [0, 0.1) is 11.8 Å². The lowest BCUT2D eigenvalue weighted by molar-refractivity contribution is -0.151. The largest absolute Gasteiger partial charge is 0.481 e. The first-order valence-electron chi connectivity index (χ1n) is 9.07. The fourth-order valence-electron chi connectivity index (χ4n) is 4.35. The molecule has 0 bridgehead atoms. The average Bonchev–Trinajstić information content (AvgIpc) is 2.62. The number of piperazine rings is 1. The van der Waals surface area contributed by atoms with Gasteiger partial charge in [-0.15, -0.1) is 0 Å². The third-order valence-electron chi connectivity index (χ3n) is 5.78. The van der Waals surface area contributed by atoms with E-state index < -0.39 is 11.9 Å². The van der Waals surface area contributed by atoms with Gasteiger partial charge in [0.15, 0.2) is 0 Å². The molecule has 3 aliphatic rings. The van der Waals surface area contributed by atoms with Gasteiger partial charge in [0, 0.05) is 32.2 Å². The number of carboxylic acid groups (broad SMARTS) is 1. The van der Waals surface area contributed by atoms with E-state index in [1.807, 2.05) is 17.1 Å². The van der Waals surface area contributed by atoms with Crippen LogP contribution in [-0.4, -0.2) is 59.0 Å². The van der Waals surface area contributed by atoms with E-state index >= 15 is 0 Å². The van der Waals surface area contributed by atoms with Crippen molar-refractivity contribution in [2.45, 2.75) is 51.0 Å². The molecule has 1 saturated heterocycles. The molecule has 1 saturated carbocycles. The Balaban J connectivity index is 1.55. The third-order valence-corrected chi connectivity index (χ3v) is 5.78. The van der Waals surface area contributed by atoms with Gasteiger partial charge in [0.25, 0.3) is 0 Å². The van der Waals surface area contributed by atoms with Gasteiger partial charge in [-0.1, -0.05) is 31.4 Å². The first-order valence-corrected chi connectivity index (χ1v) is 9.07. The third kappa shape index (κ3) is 3.77. The van der Waals surface area contributed by atoms with Crippen molar-refractivity contribution in [1.29, 1.82) is 0 Å². The van der Waals surface area contributed by atoms with Crippen molar-refractivity contribution >= 4 is 11.9 Å². The molecule has 2 atom stereocenters. The van der Waals surface area contributed by atoms with Gasteiger partial charge in [-0.05, 0) is 25.7 Å². The molecule has 0 aromatic heterocycles. The molecular formula is C18H28N2O3. The van der Waals surface area contributed by atoms with Crippen LogP contribution in [0.3, 0.4) is 0 Å². The molecule has 128 valence electrons. The van der Waals surface area contributed by atoms with E-state index in [2.05, 4.69) is 4.90 Å². The van der Waals surface area contributed by atoms with Crippen LogP contribution < -0.4 is 0 Å². The second-order valence-corrected chi connectivity index (χ2v) is 7.15. The van der Waals surface area contributed by atoms with Crippen LogP contribution in [0.4, 0.5) is 0 Å². The predicted octanol–water partition coefficient (Wildman–Crippen LogP) is 2.13. The van der Waals surface area contributed by atoms with E-state index in [4.69, 9.17) is 0 Å². The van der Waals surface area contributed by atoms with E-state index in [-0.39, 0.29) is 11.8 Å². The van der Waals surface area contributed by atoms with E-state index in [0.29, 0.717) is 18.9 Å². The standard InChI is InChI=1S/C18H28N2O3/c21-17(15-8-4-5-9-16(15)18(22)23)20-12-10-19(11-13-20)14-6-2-1-3-7-14/h4-5,14-16H,1-3,6-13H2,(H,22,23)/t15-,16+/m0/s1. The van der Waals surface area contributed by atoms with Crippen molar-refractivity contribution in [2.24, 2.45) is 11.8 Å². The summed E-state index contributed by atoms with van der Waals surface area (Å²) in [6, 6.07) is 0.699. The van der Waals surface area contributed by atoms with Gasteiger partial charge >= 0.3 is 5.97 Å². The van der Waals surface area contributed by atoms with E-state index in [1.54, 1.807) is 0 Å². The first kappa shape index (κ1) is 16.5. The smallest absolute Gasteiger partial charge is 0.307 e. The lowest BCUT2D eigenvalue weighted by atomic mass is 9.82. The minimum atomic E-state index is -0.839. The van der Waals surface area contributed by atoms with Crippen molar-refractivity contribution in [3.8, 4) is 0 Å². The highest BCUT2D eigenvalue weighted by molar-refractivity contribution is 5.85. The number of rotatable bonds is 3. The maximum Gasteiger partial charge on any atom is 0.307 e. The quantitative estimate of drug-likeness (QED) is 0.809. The maximum atomic E-state index is 12.8. The number of hydrogen-bond acceptors (Lipinski definition) is 3. The van der Waals surface area contributed by atoms with Crippen molar-refractivity contribution < 1.29 is 14.7 Å². The zero-order valence-electron chi connectivity index (χ0n) is 13.8. The summed E-state index contributed by atoms with van der Waals surface area (Å²) in [5, 5.41) is 9.36. The van der Waals surface area contributed by atoms with Crippen molar-refractivity contribution in [3.63, 3.8) is 0 Å². The van der Waals surface area contributed by atoms with Crippen molar-refractivity contribution in [2.75, 3.05) is 26.2 Å². The van der Waals surface area contributed by atoms with Gasteiger partial charge in [-0.25, -0.2) is 0 Å². The molecule has 1 N–H and O–H groups in total. The fourth-order valence-corrected chi connectivity index (χ4v) is 4.35. The van der Waals surface area contributed by atoms with Gasteiger partial charge < -0.3 is 10.0 Å². The van der Waals surface area contributed by atoms with Crippen LogP contribution in [0.2, 0.25) is 0 Å². The van der Waals surface area contributed by atoms with E-state index in [9.17, 15) is 14.7 Å². The molecule has 0 aromatic rings.